The molecule has 0 aliphatic rings. The fraction of sp³-hybridized carbons (Fsp3) is 0.500. The number of ether oxygens (including phenoxy) is 2. The number of ketones is 1. The summed E-state index contributed by atoms with van der Waals surface area (Å²) in [6.07, 6.45) is 0.355. The molecule has 0 aromatic heterocycles. The molecule has 0 N–H and O–H groups in total. The summed E-state index contributed by atoms with van der Waals surface area (Å²) < 4.78 is 10.5. The van der Waals surface area contributed by atoms with E-state index in [9.17, 15) is 4.79 Å². The molecule has 1 aromatic rings. The predicted octanol–water partition coefficient (Wildman–Crippen LogP) is 3.61. The first-order chi connectivity index (χ1) is 8.42. The molecule has 0 atom stereocenters. The molecule has 0 saturated heterocycles. The van der Waals surface area contributed by atoms with Gasteiger partial charge < -0.3 is 9.47 Å². The number of hydrogen-bond acceptors (Lipinski definition) is 3. The van der Waals surface area contributed by atoms with Crippen molar-refractivity contribution in [2.24, 2.45) is 0 Å². The minimum atomic E-state index is 0.0974. The van der Waals surface area contributed by atoms with Gasteiger partial charge in [-0.15, -0.1) is 0 Å². The van der Waals surface area contributed by atoms with Gasteiger partial charge in [-0.05, 0) is 30.0 Å². The van der Waals surface area contributed by atoms with Crippen LogP contribution >= 0.6 is 11.6 Å². The Bertz CT molecular complexity index is 453. The van der Waals surface area contributed by atoms with E-state index in [1.54, 1.807) is 21.1 Å². The second-order valence-corrected chi connectivity index (χ2v) is 4.91. The number of methoxy groups -OCH3 is 2. The Balaban J connectivity index is 3.49. The molecule has 0 fully saturated rings. The Kier molecular flexibility index (Phi) is 5.03. The second-order valence-electron chi connectivity index (χ2n) is 4.53. The summed E-state index contributed by atoms with van der Waals surface area (Å²) in [5.74, 6) is 1.39. The smallest absolute Gasteiger partial charge is 0.179 e. The first-order valence-electron chi connectivity index (χ1n) is 5.85. The van der Waals surface area contributed by atoms with Crippen LogP contribution in [0.4, 0.5) is 0 Å². The Morgan fingerprint density at radius 1 is 1.33 bits per heavy atom. The molecular weight excluding hydrogens is 252 g/mol. The molecule has 0 bridgehead atoms. The first kappa shape index (κ1) is 14.8. The highest BCUT2D eigenvalue weighted by Crippen LogP contribution is 2.42. The Labute approximate surface area is 113 Å². The van der Waals surface area contributed by atoms with Crippen LogP contribution in [0, 0.1) is 0 Å². The van der Waals surface area contributed by atoms with Gasteiger partial charge in [0.15, 0.2) is 11.5 Å². The van der Waals surface area contributed by atoms with Gasteiger partial charge in [-0.25, -0.2) is 0 Å². The van der Waals surface area contributed by atoms with Gasteiger partial charge in [-0.1, -0.05) is 25.4 Å². The summed E-state index contributed by atoms with van der Waals surface area (Å²) in [6, 6.07) is 1.83. The molecule has 0 radical (unpaired) electrons. The van der Waals surface area contributed by atoms with Crippen LogP contribution in [0.1, 0.15) is 37.8 Å². The summed E-state index contributed by atoms with van der Waals surface area (Å²) in [5.41, 5.74) is 1.85. The normalized spacial score (nSPS) is 10.6. The molecule has 0 aliphatic carbocycles. The van der Waals surface area contributed by atoms with Crippen molar-refractivity contribution in [3.8, 4) is 11.5 Å². The molecule has 0 unspecified atom stereocenters. The quantitative estimate of drug-likeness (QED) is 0.820. The van der Waals surface area contributed by atoms with E-state index in [0.29, 0.717) is 22.9 Å². The van der Waals surface area contributed by atoms with Crippen molar-refractivity contribution in [3.63, 3.8) is 0 Å². The molecule has 100 valence electrons. The van der Waals surface area contributed by atoms with Gasteiger partial charge in [-0.2, -0.15) is 0 Å². The Morgan fingerprint density at radius 3 is 2.33 bits per heavy atom. The average Bonchev–Trinajstić information content (AvgIpc) is 2.26. The average molecular weight is 271 g/mol. The standard InChI is InChI=1S/C14H19ClO3/c1-8(2)12-10(6-9(3)16)7-11(17-4)14(18-5)13(12)15/h7-8H,6H2,1-5H3. The van der Waals surface area contributed by atoms with Crippen molar-refractivity contribution in [2.45, 2.75) is 33.1 Å². The van der Waals surface area contributed by atoms with Crippen molar-refractivity contribution in [2.75, 3.05) is 14.2 Å². The SMILES string of the molecule is COc1cc(CC(C)=O)c(C(C)C)c(Cl)c1OC. The maximum absolute atomic E-state index is 11.3. The van der Waals surface area contributed by atoms with Crippen LogP contribution in [-0.4, -0.2) is 20.0 Å². The van der Waals surface area contributed by atoms with Crippen LogP contribution in [0.25, 0.3) is 0 Å². The van der Waals surface area contributed by atoms with E-state index in [1.807, 2.05) is 19.9 Å². The number of halogens is 1. The van der Waals surface area contributed by atoms with Crippen molar-refractivity contribution in [1.82, 2.24) is 0 Å². The minimum Gasteiger partial charge on any atom is -0.493 e. The van der Waals surface area contributed by atoms with Crippen LogP contribution in [0.2, 0.25) is 5.02 Å². The van der Waals surface area contributed by atoms with Crippen molar-refractivity contribution in [3.05, 3.63) is 22.2 Å². The van der Waals surface area contributed by atoms with Gasteiger partial charge in [0.2, 0.25) is 0 Å². The fourth-order valence-corrected chi connectivity index (χ4v) is 2.56. The lowest BCUT2D eigenvalue weighted by atomic mass is 9.93. The van der Waals surface area contributed by atoms with Crippen molar-refractivity contribution < 1.29 is 14.3 Å². The second kappa shape index (κ2) is 6.10. The topological polar surface area (TPSA) is 35.5 Å². The van der Waals surface area contributed by atoms with Crippen LogP contribution in [-0.2, 0) is 11.2 Å². The number of hydrogen-bond donors (Lipinski definition) is 0. The monoisotopic (exact) mass is 270 g/mol. The third-order valence-corrected chi connectivity index (χ3v) is 3.13. The van der Waals surface area contributed by atoms with Gasteiger partial charge in [0.1, 0.15) is 5.78 Å². The maximum atomic E-state index is 11.3. The van der Waals surface area contributed by atoms with Crippen LogP contribution < -0.4 is 9.47 Å². The van der Waals surface area contributed by atoms with Crippen LogP contribution in [0.3, 0.4) is 0 Å². The third kappa shape index (κ3) is 2.96. The zero-order valence-electron chi connectivity index (χ0n) is 11.5. The molecule has 0 aliphatic heterocycles. The lowest BCUT2D eigenvalue weighted by Gasteiger charge is -2.19. The number of rotatable bonds is 5. The molecule has 18 heavy (non-hydrogen) atoms. The van der Waals surface area contributed by atoms with Crippen LogP contribution in [0.5, 0.6) is 11.5 Å². The van der Waals surface area contributed by atoms with E-state index in [2.05, 4.69) is 0 Å². The molecular formula is C14H19ClO3. The van der Waals surface area contributed by atoms with Gasteiger partial charge >= 0.3 is 0 Å². The van der Waals surface area contributed by atoms with E-state index < -0.39 is 0 Å². The summed E-state index contributed by atoms with van der Waals surface area (Å²) in [6.45, 7) is 5.64. The van der Waals surface area contributed by atoms with Crippen LogP contribution in [0.15, 0.2) is 6.07 Å². The van der Waals surface area contributed by atoms with Gasteiger partial charge in [0.05, 0.1) is 19.2 Å². The maximum Gasteiger partial charge on any atom is 0.179 e. The molecule has 0 spiro atoms. The van der Waals surface area contributed by atoms with E-state index in [4.69, 9.17) is 21.1 Å². The zero-order valence-corrected chi connectivity index (χ0v) is 12.2. The molecule has 1 aromatic carbocycles. The molecule has 1 rings (SSSR count). The zero-order chi connectivity index (χ0) is 13.9. The van der Waals surface area contributed by atoms with E-state index in [1.165, 1.54) is 0 Å². The fourth-order valence-electron chi connectivity index (χ4n) is 2.05. The molecule has 0 amide bonds. The lowest BCUT2D eigenvalue weighted by Crippen LogP contribution is -2.06. The predicted molar refractivity (Wildman–Crippen MR) is 73.0 cm³/mol. The summed E-state index contributed by atoms with van der Waals surface area (Å²) in [7, 11) is 3.11. The number of carbonyl (C=O) groups is 1. The highest BCUT2D eigenvalue weighted by Gasteiger charge is 2.20. The minimum absolute atomic E-state index is 0.0974. The number of Topliss-reactive ketones (excluding diaryl/α,β-unsaturated/α-hetero) is 1. The number of benzene rings is 1. The van der Waals surface area contributed by atoms with E-state index >= 15 is 0 Å². The van der Waals surface area contributed by atoms with Gasteiger partial charge in [0.25, 0.3) is 0 Å². The lowest BCUT2D eigenvalue weighted by molar-refractivity contribution is -0.116. The molecule has 0 saturated carbocycles. The van der Waals surface area contributed by atoms with E-state index in [-0.39, 0.29) is 11.7 Å². The molecule has 0 heterocycles. The number of carbonyl (C=O) groups excluding carboxylic acids is 1. The van der Waals surface area contributed by atoms with Crippen molar-refractivity contribution >= 4 is 17.4 Å². The Morgan fingerprint density at radius 2 is 1.94 bits per heavy atom. The first-order valence-corrected chi connectivity index (χ1v) is 6.22. The highest BCUT2D eigenvalue weighted by atomic mass is 35.5. The van der Waals surface area contributed by atoms with Gasteiger partial charge in [-0.3, -0.25) is 4.79 Å². The van der Waals surface area contributed by atoms with E-state index in [0.717, 1.165) is 11.1 Å². The molecule has 3 nitrogen and oxygen atoms in total. The summed E-state index contributed by atoms with van der Waals surface area (Å²) in [4.78, 5) is 11.3. The largest absolute Gasteiger partial charge is 0.493 e. The van der Waals surface area contributed by atoms with Gasteiger partial charge in [0, 0.05) is 6.42 Å². The Hall–Kier alpha value is -1.22. The summed E-state index contributed by atoms with van der Waals surface area (Å²) in [5, 5.41) is 0.531. The highest BCUT2D eigenvalue weighted by molar-refractivity contribution is 6.33. The molecule has 4 heteroatoms. The third-order valence-electron chi connectivity index (χ3n) is 2.75. The summed E-state index contributed by atoms with van der Waals surface area (Å²) >= 11 is 6.36. The van der Waals surface area contributed by atoms with Crippen molar-refractivity contribution in [1.29, 1.82) is 0 Å².